The largest absolute Gasteiger partial charge is 0.313 e. The van der Waals surface area contributed by atoms with E-state index in [-0.39, 0.29) is 6.04 Å². The van der Waals surface area contributed by atoms with Gasteiger partial charge in [-0.3, -0.25) is 4.79 Å². The highest BCUT2D eigenvalue weighted by atomic mass is 35.5. The lowest BCUT2D eigenvalue weighted by Crippen LogP contribution is -2.09. The van der Waals surface area contributed by atoms with Crippen molar-refractivity contribution in [2.45, 2.75) is 13.0 Å². The number of benzene rings is 1. The van der Waals surface area contributed by atoms with E-state index < -0.39 is 0 Å². The van der Waals surface area contributed by atoms with Gasteiger partial charge in [-0.1, -0.05) is 23.7 Å². The molecule has 81 valence electrons. The Morgan fingerprint density at radius 2 is 2.12 bits per heavy atom. The lowest BCUT2D eigenvalue weighted by Gasteiger charge is -2.14. The molecule has 0 saturated heterocycles. The first-order chi connectivity index (χ1) is 7.72. The summed E-state index contributed by atoms with van der Waals surface area (Å²) in [4.78, 5) is 14.7. The molecule has 0 aliphatic rings. The van der Waals surface area contributed by atoms with Crippen LogP contribution in [-0.2, 0) is 0 Å². The molecule has 1 radical (unpaired) electrons. The quantitative estimate of drug-likeness (QED) is 0.764. The van der Waals surface area contributed by atoms with Gasteiger partial charge in [-0.25, -0.2) is 4.98 Å². The van der Waals surface area contributed by atoms with Gasteiger partial charge in [-0.15, -0.1) is 0 Å². The van der Waals surface area contributed by atoms with Crippen molar-refractivity contribution in [3.8, 4) is 0 Å². The number of nitrogens with zero attached hydrogens (tertiary/aromatic N) is 2. The van der Waals surface area contributed by atoms with E-state index >= 15 is 0 Å². The molecule has 0 saturated carbocycles. The van der Waals surface area contributed by atoms with Gasteiger partial charge in [0.2, 0.25) is 0 Å². The van der Waals surface area contributed by atoms with Crippen LogP contribution in [0, 0.1) is 6.20 Å². The second kappa shape index (κ2) is 4.49. The van der Waals surface area contributed by atoms with Crippen LogP contribution in [0.4, 0.5) is 0 Å². The molecule has 4 heteroatoms. The van der Waals surface area contributed by atoms with Crippen molar-refractivity contribution < 1.29 is 4.79 Å². The van der Waals surface area contributed by atoms with Gasteiger partial charge in [0.25, 0.3) is 0 Å². The number of carbonyl (C=O) groups is 1. The van der Waals surface area contributed by atoms with Crippen molar-refractivity contribution in [3.63, 3.8) is 0 Å². The fraction of sp³-hybridized carbons (Fsp3) is 0.167. The van der Waals surface area contributed by atoms with E-state index in [9.17, 15) is 4.79 Å². The van der Waals surface area contributed by atoms with Crippen LogP contribution in [-0.4, -0.2) is 15.8 Å². The molecule has 2 rings (SSSR count). The molecular weight excluding hydrogens is 224 g/mol. The number of aldehydes is 1. The Bertz CT molecular complexity index is 490. The van der Waals surface area contributed by atoms with Crippen molar-refractivity contribution in [3.05, 3.63) is 53.1 Å². The Morgan fingerprint density at radius 1 is 1.44 bits per heavy atom. The standard InChI is InChI=1S/C12H10ClN2O/c1-9(10-2-4-11(13)5-3-10)15-7-6-14-12(15)8-16/h2-6,8-9H,1H3. The third-order valence-electron chi connectivity index (χ3n) is 2.49. The number of hydrogen-bond acceptors (Lipinski definition) is 2. The minimum atomic E-state index is 0.0139. The molecule has 0 aliphatic carbocycles. The zero-order valence-electron chi connectivity index (χ0n) is 8.72. The maximum Gasteiger partial charge on any atom is 0.185 e. The number of rotatable bonds is 3. The zero-order chi connectivity index (χ0) is 11.5. The minimum absolute atomic E-state index is 0.0139. The van der Waals surface area contributed by atoms with Crippen LogP contribution >= 0.6 is 11.6 Å². The van der Waals surface area contributed by atoms with Crippen molar-refractivity contribution in [2.24, 2.45) is 0 Å². The molecule has 1 aromatic heterocycles. The predicted molar refractivity (Wildman–Crippen MR) is 61.7 cm³/mol. The van der Waals surface area contributed by atoms with Gasteiger partial charge in [0.1, 0.15) is 0 Å². The molecule has 16 heavy (non-hydrogen) atoms. The van der Waals surface area contributed by atoms with Crippen LogP contribution in [0.15, 0.2) is 30.5 Å². The van der Waals surface area contributed by atoms with E-state index in [1.54, 1.807) is 4.57 Å². The molecule has 1 aromatic carbocycles. The highest BCUT2D eigenvalue weighted by Crippen LogP contribution is 2.20. The SMILES string of the molecule is CC(c1ccc(Cl)cc1)n1[c]cnc1C=O. The van der Waals surface area contributed by atoms with Gasteiger partial charge in [0.15, 0.2) is 12.1 Å². The van der Waals surface area contributed by atoms with Crippen LogP contribution in [0.25, 0.3) is 0 Å². The van der Waals surface area contributed by atoms with Crippen LogP contribution in [0.3, 0.4) is 0 Å². The van der Waals surface area contributed by atoms with Crippen molar-refractivity contribution in [1.82, 2.24) is 9.55 Å². The minimum Gasteiger partial charge on any atom is -0.313 e. The van der Waals surface area contributed by atoms with Crippen LogP contribution in [0.2, 0.25) is 5.02 Å². The first kappa shape index (κ1) is 10.9. The summed E-state index contributed by atoms with van der Waals surface area (Å²) in [6.07, 6.45) is 5.13. The van der Waals surface area contributed by atoms with E-state index in [0.717, 1.165) is 11.8 Å². The first-order valence-corrected chi connectivity index (χ1v) is 5.25. The van der Waals surface area contributed by atoms with Crippen LogP contribution < -0.4 is 0 Å². The summed E-state index contributed by atoms with van der Waals surface area (Å²) in [5, 5.41) is 0.696. The fourth-order valence-corrected chi connectivity index (χ4v) is 1.70. The molecule has 1 unspecified atom stereocenters. The second-order valence-electron chi connectivity index (χ2n) is 3.46. The Hall–Kier alpha value is -1.61. The monoisotopic (exact) mass is 233 g/mol. The van der Waals surface area contributed by atoms with Crippen molar-refractivity contribution in [1.29, 1.82) is 0 Å². The Morgan fingerprint density at radius 3 is 2.75 bits per heavy atom. The lowest BCUT2D eigenvalue weighted by atomic mass is 10.1. The average Bonchev–Trinajstić information content (AvgIpc) is 2.77. The summed E-state index contributed by atoms with van der Waals surface area (Å²) in [5.74, 6) is 0.377. The molecule has 0 N–H and O–H groups in total. The number of carbonyl (C=O) groups excluding carboxylic acids is 1. The van der Waals surface area contributed by atoms with E-state index in [1.807, 2.05) is 31.2 Å². The maximum atomic E-state index is 10.8. The number of imidazole rings is 1. The van der Waals surface area contributed by atoms with Gasteiger partial charge in [-0.05, 0) is 24.6 Å². The van der Waals surface area contributed by atoms with Crippen LogP contribution in [0.1, 0.15) is 29.1 Å². The number of halogens is 1. The summed E-state index contributed by atoms with van der Waals surface area (Å²) in [7, 11) is 0. The predicted octanol–water partition coefficient (Wildman–Crippen LogP) is 2.76. The van der Waals surface area contributed by atoms with Gasteiger partial charge >= 0.3 is 0 Å². The van der Waals surface area contributed by atoms with Crippen molar-refractivity contribution in [2.75, 3.05) is 0 Å². The zero-order valence-corrected chi connectivity index (χ0v) is 9.48. The van der Waals surface area contributed by atoms with E-state index in [4.69, 9.17) is 11.6 Å². The Balaban J connectivity index is 2.35. The smallest absolute Gasteiger partial charge is 0.185 e. The third kappa shape index (κ3) is 1.99. The summed E-state index contributed by atoms with van der Waals surface area (Å²) >= 11 is 5.82. The molecule has 1 atom stereocenters. The van der Waals surface area contributed by atoms with Crippen LogP contribution in [0.5, 0.6) is 0 Å². The molecule has 0 amide bonds. The summed E-state index contributed by atoms with van der Waals surface area (Å²) in [5.41, 5.74) is 1.06. The number of aromatic nitrogens is 2. The topological polar surface area (TPSA) is 34.9 Å². The van der Waals surface area contributed by atoms with Gasteiger partial charge in [-0.2, -0.15) is 0 Å². The van der Waals surface area contributed by atoms with Gasteiger partial charge in [0, 0.05) is 5.02 Å². The Labute approximate surface area is 98.7 Å². The normalized spacial score (nSPS) is 12.4. The van der Waals surface area contributed by atoms with E-state index in [1.165, 1.54) is 6.20 Å². The van der Waals surface area contributed by atoms with E-state index in [0.29, 0.717) is 10.8 Å². The Kier molecular flexibility index (Phi) is 3.06. The van der Waals surface area contributed by atoms with Crippen molar-refractivity contribution >= 4 is 17.9 Å². The molecule has 0 aliphatic heterocycles. The molecule has 3 nitrogen and oxygen atoms in total. The summed E-state index contributed by atoms with van der Waals surface area (Å²) in [6, 6.07) is 7.51. The second-order valence-corrected chi connectivity index (χ2v) is 3.90. The average molecular weight is 234 g/mol. The van der Waals surface area contributed by atoms with Gasteiger partial charge < -0.3 is 4.57 Å². The number of hydrogen-bond donors (Lipinski definition) is 0. The van der Waals surface area contributed by atoms with Gasteiger partial charge in [0.05, 0.1) is 18.4 Å². The first-order valence-electron chi connectivity index (χ1n) is 4.88. The highest BCUT2D eigenvalue weighted by Gasteiger charge is 2.11. The highest BCUT2D eigenvalue weighted by molar-refractivity contribution is 6.30. The van der Waals surface area contributed by atoms with E-state index in [2.05, 4.69) is 11.2 Å². The molecule has 0 fully saturated rings. The molecular formula is C12H10ClN2O. The molecule has 2 aromatic rings. The molecule has 0 bridgehead atoms. The molecule has 0 spiro atoms. The summed E-state index contributed by atoms with van der Waals surface area (Å²) in [6.45, 7) is 1.98. The lowest BCUT2D eigenvalue weighted by molar-refractivity contribution is 0.111. The maximum absolute atomic E-state index is 10.8. The molecule has 1 heterocycles. The third-order valence-corrected chi connectivity index (χ3v) is 2.74. The summed E-state index contributed by atoms with van der Waals surface area (Å²) < 4.78 is 1.70. The fourth-order valence-electron chi connectivity index (χ4n) is 1.57.